The van der Waals surface area contributed by atoms with Crippen LogP contribution in [0.5, 0.6) is 0 Å². The van der Waals surface area contributed by atoms with Gasteiger partial charge in [0.05, 0.1) is 19.9 Å². The third kappa shape index (κ3) is 5.16. The second kappa shape index (κ2) is 6.75. The van der Waals surface area contributed by atoms with Crippen LogP contribution in [0.25, 0.3) is 0 Å². The molecule has 0 radical (unpaired) electrons. The highest BCUT2D eigenvalue weighted by Gasteiger charge is 2.20. The largest absolute Gasteiger partial charge is 0.480 e. The number of nitrogens with zero attached hydrogens (tertiary/aromatic N) is 1. The Hall–Kier alpha value is -0.650. The van der Waals surface area contributed by atoms with Crippen molar-refractivity contribution in [3.63, 3.8) is 0 Å². The maximum absolute atomic E-state index is 10.4. The van der Waals surface area contributed by atoms with Crippen LogP contribution >= 0.6 is 0 Å². The molecule has 0 amide bonds. The van der Waals surface area contributed by atoms with E-state index in [1.165, 1.54) is 4.90 Å². The molecule has 0 fully saturated rings. The lowest BCUT2D eigenvalue weighted by molar-refractivity contribution is -0.140. The van der Waals surface area contributed by atoms with Crippen molar-refractivity contribution in [3.8, 4) is 0 Å². The fraction of sp³-hybridized carbons (Fsp3) is 0.889. The Morgan fingerprint density at radius 1 is 1.36 bits per heavy atom. The molecule has 0 saturated carbocycles. The Bertz CT molecular complexity index is 172. The van der Waals surface area contributed by atoms with E-state index in [2.05, 4.69) is 0 Å². The average Bonchev–Trinajstić information content (AvgIpc) is 2.10. The summed E-state index contributed by atoms with van der Waals surface area (Å²) >= 11 is 0. The Kier molecular flexibility index (Phi) is 6.44. The van der Waals surface area contributed by atoms with Gasteiger partial charge < -0.3 is 15.3 Å². The van der Waals surface area contributed by atoms with E-state index >= 15 is 0 Å². The quantitative estimate of drug-likeness (QED) is 0.498. The molecule has 5 nitrogen and oxygen atoms in total. The van der Waals surface area contributed by atoms with Crippen LogP contribution in [-0.2, 0) is 4.79 Å². The minimum Gasteiger partial charge on any atom is -0.480 e. The number of aliphatic hydroxyl groups excluding tert-OH is 2. The molecule has 0 aromatic heterocycles. The molecule has 0 aliphatic carbocycles. The Morgan fingerprint density at radius 3 is 2.21 bits per heavy atom. The molecule has 5 heteroatoms. The molecule has 0 aliphatic heterocycles. The third-order valence-corrected chi connectivity index (χ3v) is 1.99. The fourth-order valence-electron chi connectivity index (χ4n) is 1.35. The third-order valence-electron chi connectivity index (χ3n) is 1.99. The summed E-state index contributed by atoms with van der Waals surface area (Å²) in [6, 6.07) is -0.281. The topological polar surface area (TPSA) is 81.0 Å². The monoisotopic (exact) mass is 205 g/mol. The first kappa shape index (κ1) is 13.4. The van der Waals surface area contributed by atoms with Crippen LogP contribution in [-0.4, -0.2) is 52.1 Å². The van der Waals surface area contributed by atoms with Crippen LogP contribution in [0.15, 0.2) is 0 Å². The van der Waals surface area contributed by atoms with E-state index in [4.69, 9.17) is 15.3 Å². The van der Waals surface area contributed by atoms with E-state index in [0.29, 0.717) is 12.3 Å². The molecule has 0 rings (SSSR count). The number of hydrogen-bond donors (Lipinski definition) is 3. The molecule has 1 unspecified atom stereocenters. The van der Waals surface area contributed by atoms with Crippen molar-refractivity contribution in [2.24, 2.45) is 5.92 Å². The summed E-state index contributed by atoms with van der Waals surface area (Å²) in [6.45, 7) is 3.25. The molecule has 0 saturated heterocycles. The molecule has 1 atom stereocenters. The van der Waals surface area contributed by atoms with Gasteiger partial charge in [0.1, 0.15) is 0 Å². The molecule has 0 spiro atoms. The molecule has 0 bridgehead atoms. The van der Waals surface area contributed by atoms with Gasteiger partial charge in [-0.2, -0.15) is 0 Å². The van der Waals surface area contributed by atoms with E-state index in [1.807, 2.05) is 13.8 Å². The van der Waals surface area contributed by atoms with Gasteiger partial charge in [-0.05, 0) is 12.3 Å². The molecule has 0 heterocycles. The van der Waals surface area contributed by atoms with Gasteiger partial charge >= 0.3 is 5.97 Å². The molecule has 0 aromatic carbocycles. The van der Waals surface area contributed by atoms with Gasteiger partial charge in [0.25, 0.3) is 0 Å². The van der Waals surface area contributed by atoms with E-state index in [-0.39, 0.29) is 25.9 Å². The number of aliphatic hydroxyl groups is 2. The SMILES string of the molecule is CC(C)CC(CO)N(CO)CC(=O)O. The summed E-state index contributed by atoms with van der Waals surface area (Å²) in [5, 5.41) is 26.5. The molecule has 0 aromatic rings. The zero-order chi connectivity index (χ0) is 11.1. The van der Waals surface area contributed by atoms with Crippen molar-refractivity contribution in [2.45, 2.75) is 26.3 Å². The lowest BCUT2D eigenvalue weighted by Gasteiger charge is -2.28. The van der Waals surface area contributed by atoms with Gasteiger partial charge in [-0.3, -0.25) is 9.69 Å². The predicted octanol–water partition coefficient (Wildman–Crippen LogP) is -0.270. The highest BCUT2D eigenvalue weighted by Crippen LogP contribution is 2.10. The average molecular weight is 205 g/mol. The van der Waals surface area contributed by atoms with E-state index in [0.717, 1.165) is 0 Å². The lowest BCUT2D eigenvalue weighted by atomic mass is 10.0. The number of carboxylic acids is 1. The Morgan fingerprint density at radius 2 is 1.93 bits per heavy atom. The molecular formula is C9H19NO4. The van der Waals surface area contributed by atoms with Crippen LogP contribution in [0.3, 0.4) is 0 Å². The summed E-state index contributed by atoms with van der Waals surface area (Å²) in [4.78, 5) is 11.8. The first-order chi connectivity index (χ1) is 6.51. The van der Waals surface area contributed by atoms with Crippen molar-refractivity contribution in [2.75, 3.05) is 19.9 Å². The summed E-state index contributed by atoms with van der Waals surface area (Å²) in [7, 11) is 0. The van der Waals surface area contributed by atoms with Crippen molar-refractivity contribution in [1.29, 1.82) is 0 Å². The summed E-state index contributed by atoms with van der Waals surface area (Å²) in [6.07, 6.45) is 0.671. The van der Waals surface area contributed by atoms with Gasteiger partial charge in [0.2, 0.25) is 0 Å². The minimum atomic E-state index is -0.999. The highest BCUT2D eigenvalue weighted by atomic mass is 16.4. The summed E-state index contributed by atoms with van der Waals surface area (Å²) in [5.74, 6) is -0.642. The van der Waals surface area contributed by atoms with Crippen LogP contribution < -0.4 is 0 Å². The first-order valence-electron chi connectivity index (χ1n) is 4.68. The van der Waals surface area contributed by atoms with E-state index in [1.54, 1.807) is 0 Å². The standard InChI is InChI=1S/C9H19NO4/c1-7(2)3-8(5-11)10(6-12)4-9(13)14/h7-8,11-12H,3-6H2,1-2H3,(H,13,14). The van der Waals surface area contributed by atoms with Gasteiger partial charge in [-0.1, -0.05) is 13.8 Å². The normalized spacial score (nSPS) is 13.6. The smallest absolute Gasteiger partial charge is 0.317 e. The molecular weight excluding hydrogens is 186 g/mol. The van der Waals surface area contributed by atoms with E-state index in [9.17, 15) is 4.79 Å². The second-order valence-electron chi connectivity index (χ2n) is 3.75. The predicted molar refractivity (Wildman–Crippen MR) is 51.8 cm³/mol. The van der Waals surface area contributed by atoms with Crippen LogP contribution in [0.2, 0.25) is 0 Å². The van der Waals surface area contributed by atoms with Crippen molar-refractivity contribution in [3.05, 3.63) is 0 Å². The Labute approximate surface area is 84.0 Å². The van der Waals surface area contributed by atoms with Crippen LogP contribution in [0.1, 0.15) is 20.3 Å². The van der Waals surface area contributed by atoms with Gasteiger partial charge in [-0.25, -0.2) is 0 Å². The summed E-state index contributed by atoms with van der Waals surface area (Å²) < 4.78 is 0. The number of carbonyl (C=O) groups is 1. The first-order valence-corrected chi connectivity index (χ1v) is 4.68. The highest BCUT2D eigenvalue weighted by molar-refractivity contribution is 5.69. The van der Waals surface area contributed by atoms with Crippen molar-refractivity contribution in [1.82, 2.24) is 4.90 Å². The minimum absolute atomic E-state index is 0.133. The number of carboxylic acid groups (broad SMARTS) is 1. The summed E-state index contributed by atoms with van der Waals surface area (Å²) in [5.41, 5.74) is 0. The maximum atomic E-state index is 10.4. The Balaban J connectivity index is 4.21. The van der Waals surface area contributed by atoms with Gasteiger partial charge in [0, 0.05) is 6.04 Å². The fourth-order valence-corrected chi connectivity index (χ4v) is 1.35. The van der Waals surface area contributed by atoms with Gasteiger partial charge in [-0.15, -0.1) is 0 Å². The molecule has 84 valence electrons. The number of aliphatic carboxylic acids is 1. The van der Waals surface area contributed by atoms with Crippen LogP contribution in [0.4, 0.5) is 0 Å². The van der Waals surface area contributed by atoms with Crippen molar-refractivity contribution >= 4 is 5.97 Å². The van der Waals surface area contributed by atoms with Crippen LogP contribution in [0, 0.1) is 5.92 Å². The lowest BCUT2D eigenvalue weighted by Crippen LogP contribution is -2.42. The molecule has 3 N–H and O–H groups in total. The molecule has 14 heavy (non-hydrogen) atoms. The zero-order valence-electron chi connectivity index (χ0n) is 8.68. The van der Waals surface area contributed by atoms with E-state index < -0.39 is 5.97 Å². The van der Waals surface area contributed by atoms with Gasteiger partial charge in [0.15, 0.2) is 0 Å². The number of hydrogen-bond acceptors (Lipinski definition) is 4. The second-order valence-corrected chi connectivity index (χ2v) is 3.75. The molecule has 0 aliphatic rings. The number of rotatable bonds is 7. The maximum Gasteiger partial charge on any atom is 0.317 e. The zero-order valence-corrected chi connectivity index (χ0v) is 8.68. The van der Waals surface area contributed by atoms with Crippen molar-refractivity contribution < 1.29 is 20.1 Å².